The monoisotopic (exact) mass is 831 g/mol. The molecule has 1 aliphatic heterocycles. The van der Waals surface area contributed by atoms with Gasteiger partial charge in [-0.15, -0.1) is 0 Å². The maximum Gasteiger partial charge on any atom is 0.371 e. The van der Waals surface area contributed by atoms with E-state index in [0.29, 0.717) is 32.9 Å². The number of carboxylic acid groups (broad SMARTS) is 1. The van der Waals surface area contributed by atoms with Gasteiger partial charge in [0.2, 0.25) is 11.7 Å². The van der Waals surface area contributed by atoms with E-state index in [0.717, 1.165) is 16.7 Å². The van der Waals surface area contributed by atoms with Crippen LogP contribution in [0.5, 0.6) is 0 Å². The fourth-order valence-corrected chi connectivity index (χ4v) is 5.43. The summed E-state index contributed by atoms with van der Waals surface area (Å²) in [5, 5.41) is 23.1. The van der Waals surface area contributed by atoms with E-state index in [9.17, 15) is 24.6 Å². The van der Waals surface area contributed by atoms with Gasteiger partial charge in [0.05, 0.1) is 6.42 Å². The number of nitrogens with zero attached hydrogens (tertiary/aromatic N) is 1. The first-order chi connectivity index (χ1) is 20.4. The summed E-state index contributed by atoms with van der Waals surface area (Å²) >= 11 is 6.47. The van der Waals surface area contributed by atoms with Crippen LogP contribution in [-0.2, 0) is 14.3 Å². The zero-order chi connectivity index (χ0) is 31.1. The second-order valence-electron chi connectivity index (χ2n) is 11.7. The molecule has 0 fully saturated rings. The minimum absolute atomic E-state index is 0. The van der Waals surface area contributed by atoms with Crippen LogP contribution < -0.4 is 10.2 Å². The second kappa shape index (κ2) is 13.7. The molecule has 2 amide bonds. The number of fused-ring (bicyclic) bond motifs is 2. The number of anilines is 2. The van der Waals surface area contributed by atoms with Gasteiger partial charge in [0, 0.05) is 90.0 Å². The molecule has 4 aromatic rings. The Morgan fingerprint density at radius 1 is 1.05 bits per heavy atom. The number of aliphatic hydroxyl groups is 1. The Kier molecular flexibility index (Phi) is 10.6. The van der Waals surface area contributed by atoms with E-state index in [-0.39, 0.29) is 69.4 Å². The first kappa shape index (κ1) is 34.1. The summed E-state index contributed by atoms with van der Waals surface area (Å²) in [6, 6.07) is 17.3. The molecule has 2 atom stereocenters. The van der Waals surface area contributed by atoms with Crippen LogP contribution in [0.2, 0.25) is 5.02 Å². The molecule has 11 heteroatoms. The number of rotatable bonds is 8. The fraction of sp³-hybridized carbons (Fsp3) is 0.303. The van der Waals surface area contributed by atoms with Gasteiger partial charge in [0.15, 0.2) is 0 Å². The zero-order valence-corrected chi connectivity index (χ0v) is 30.4. The van der Waals surface area contributed by atoms with Crippen LogP contribution in [0.25, 0.3) is 11.0 Å². The van der Waals surface area contributed by atoms with Crippen LogP contribution in [0.15, 0.2) is 65.1 Å². The number of hydrogen-bond acceptors (Lipinski definition) is 6. The van der Waals surface area contributed by atoms with Gasteiger partial charge >= 0.3 is 5.97 Å². The molecule has 5 rings (SSSR count). The van der Waals surface area contributed by atoms with Crippen LogP contribution in [0, 0.1) is 63.3 Å². The number of benzene rings is 3. The summed E-state index contributed by atoms with van der Waals surface area (Å²) in [4.78, 5) is 40.4. The fourth-order valence-electron chi connectivity index (χ4n) is 5.25. The third-order valence-corrected chi connectivity index (χ3v) is 7.96. The Hall–Kier alpha value is -2.74. The van der Waals surface area contributed by atoms with Crippen molar-refractivity contribution in [3.63, 3.8) is 0 Å². The number of halogens is 1. The van der Waals surface area contributed by atoms with E-state index in [1.807, 2.05) is 45.9 Å². The van der Waals surface area contributed by atoms with E-state index < -0.39 is 35.4 Å². The summed E-state index contributed by atoms with van der Waals surface area (Å²) in [6.07, 6.45) is -2.15. The van der Waals surface area contributed by atoms with Gasteiger partial charge in [-0.1, -0.05) is 43.6 Å². The van der Waals surface area contributed by atoms with Crippen LogP contribution >= 0.6 is 11.6 Å². The number of carbonyl (C=O) groups is 3. The molecule has 0 saturated heterocycles. The SMILES string of the molecule is Cc1cccc([C@H]2O[C@H](CC(=O)Nc3ccc4oc(C(=O)O)cc4c3)C(=O)N(CC(C)(C)CO)c3ccc(Cl)cc32)c1C.[Ac]. The van der Waals surface area contributed by atoms with Gasteiger partial charge in [-0.25, -0.2) is 4.79 Å². The Labute approximate surface area is 296 Å². The van der Waals surface area contributed by atoms with Gasteiger partial charge in [-0.2, -0.15) is 0 Å². The van der Waals surface area contributed by atoms with Gasteiger partial charge < -0.3 is 29.6 Å². The van der Waals surface area contributed by atoms with Gasteiger partial charge in [0.1, 0.15) is 17.8 Å². The first-order valence-electron chi connectivity index (χ1n) is 13.9. The molecule has 0 unspecified atom stereocenters. The van der Waals surface area contributed by atoms with E-state index in [1.165, 1.54) is 6.07 Å². The van der Waals surface area contributed by atoms with E-state index in [1.54, 1.807) is 41.3 Å². The van der Waals surface area contributed by atoms with Crippen LogP contribution in [0.4, 0.5) is 11.4 Å². The van der Waals surface area contributed by atoms with Crippen LogP contribution in [0.3, 0.4) is 0 Å². The van der Waals surface area contributed by atoms with Crippen molar-refractivity contribution in [2.24, 2.45) is 5.41 Å². The van der Waals surface area contributed by atoms with Gasteiger partial charge in [0.25, 0.3) is 5.91 Å². The first-order valence-corrected chi connectivity index (χ1v) is 14.2. The predicted octanol–water partition coefficient (Wildman–Crippen LogP) is 6.27. The molecule has 44 heavy (non-hydrogen) atoms. The van der Waals surface area contributed by atoms with Crippen molar-refractivity contribution in [3.05, 3.63) is 93.7 Å². The topological polar surface area (TPSA) is 129 Å². The van der Waals surface area contributed by atoms with Gasteiger partial charge in [-0.05, 0) is 73.0 Å². The number of aromatic carboxylic acids is 1. The number of hydrogen-bond donors (Lipinski definition) is 3. The number of carboxylic acids is 1. The van der Waals surface area contributed by atoms with Crippen molar-refractivity contribution in [2.75, 3.05) is 23.4 Å². The Morgan fingerprint density at radius 3 is 2.50 bits per heavy atom. The number of furan rings is 1. The number of nitrogens with one attached hydrogen (secondary N) is 1. The Balaban J connectivity index is 0.00000442. The average molecular weight is 832 g/mol. The molecule has 0 spiro atoms. The third kappa shape index (κ3) is 7.21. The molecule has 3 N–H and O–H groups in total. The molecule has 0 aliphatic carbocycles. The predicted molar refractivity (Wildman–Crippen MR) is 164 cm³/mol. The van der Waals surface area contributed by atoms with Crippen molar-refractivity contribution in [1.82, 2.24) is 0 Å². The number of aryl methyl sites for hydroxylation is 1. The van der Waals surface area contributed by atoms with Crippen molar-refractivity contribution in [1.29, 1.82) is 0 Å². The molecular weight excluding hydrogens is 799 g/mol. The minimum atomic E-state index is -1.19. The molecule has 227 valence electrons. The van der Waals surface area contributed by atoms with Crippen molar-refractivity contribution < 1.29 is 77.8 Å². The van der Waals surface area contributed by atoms with Crippen molar-refractivity contribution >= 4 is 51.7 Å². The normalized spacial score (nSPS) is 16.7. The standard InChI is InChI=1S/C33H33ClN2O7.Ac/c1-18-6-5-7-23(19(18)2)30-24-14-21(34)8-10-25(24)36(16-33(3,4)17-37)31(39)27(43-30)15-29(38)35-22-9-11-26-20(12-22)13-28(42-26)32(40)41;/h5-14,27,30,37H,15-17H2,1-4H3,(H,35,38)(H,40,41);/t27-,30-;/m1./s1. The quantitative estimate of drug-likeness (QED) is 0.191. The molecule has 1 radical (unpaired) electrons. The maximum atomic E-state index is 14.2. The minimum Gasteiger partial charge on any atom is -0.475 e. The molecular formula is C33H33AcClN2O7. The van der Waals surface area contributed by atoms with E-state index >= 15 is 0 Å². The van der Waals surface area contributed by atoms with E-state index in [2.05, 4.69) is 5.32 Å². The largest absolute Gasteiger partial charge is 0.475 e. The van der Waals surface area contributed by atoms with Crippen molar-refractivity contribution in [2.45, 2.75) is 46.3 Å². The van der Waals surface area contributed by atoms with Crippen LogP contribution in [-0.4, -0.2) is 47.3 Å². The molecule has 0 bridgehead atoms. The average Bonchev–Trinajstić information content (AvgIpc) is 3.36. The number of carbonyl (C=O) groups excluding carboxylic acids is 2. The Bertz CT molecular complexity index is 1730. The molecule has 9 nitrogen and oxygen atoms in total. The molecule has 2 heterocycles. The van der Waals surface area contributed by atoms with Gasteiger partial charge in [-0.3, -0.25) is 9.59 Å². The summed E-state index contributed by atoms with van der Waals surface area (Å²) < 4.78 is 11.9. The summed E-state index contributed by atoms with van der Waals surface area (Å²) in [5.41, 5.74) is 4.32. The van der Waals surface area contributed by atoms with Crippen LogP contribution in [0.1, 0.15) is 59.2 Å². The number of aliphatic hydroxyl groups excluding tert-OH is 1. The maximum absolute atomic E-state index is 14.2. The molecule has 1 aromatic heterocycles. The zero-order valence-electron chi connectivity index (χ0n) is 24.9. The molecule has 3 aromatic carbocycles. The smallest absolute Gasteiger partial charge is 0.371 e. The third-order valence-electron chi connectivity index (χ3n) is 7.73. The number of ether oxygens (including phenoxy) is 1. The second-order valence-corrected chi connectivity index (χ2v) is 12.1. The molecule has 1 aliphatic rings. The number of amides is 2. The summed E-state index contributed by atoms with van der Waals surface area (Å²) in [7, 11) is 0. The van der Waals surface area contributed by atoms with Crippen molar-refractivity contribution in [3.8, 4) is 0 Å². The summed E-state index contributed by atoms with van der Waals surface area (Å²) in [6.45, 7) is 7.71. The molecule has 0 saturated carbocycles. The Morgan fingerprint density at radius 2 is 1.80 bits per heavy atom. The van der Waals surface area contributed by atoms with E-state index in [4.69, 9.17) is 20.8 Å². The summed E-state index contributed by atoms with van der Waals surface area (Å²) in [5.74, 6) is -2.28.